The third-order valence-electron chi connectivity index (χ3n) is 2.56. The standard InChI is InChI=1S/C13H19ClN2O2/c1-13(2,10-5-4-6-11(14)9-10)16-12(17)15-7-8-18-3/h4-6,9H,7-8H2,1-3H3,(H2,15,16,17). The number of carbonyl (C=O) groups is 1. The van der Waals surface area contributed by atoms with Gasteiger partial charge in [0.15, 0.2) is 0 Å². The van der Waals surface area contributed by atoms with Crippen molar-refractivity contribution in [2.45, 2.75) is 19.4 Å². The Bertz CT molecular complexity index is 408. The lowest BCUT2D eigenvalue weighted by molar-refractivity contribution is 0.193. The van der Waals surface area contributed by atoms with Crippen LogP contribution < -0.4 is 10.6 Å². The van der Waals surface area contributed by atoms with Crippen LogP contribution in [0.25, 0.3) is 0 Å². The van der Waals surface area contributed by atoms with Gasteiger partial charge in [0.1, 0.15) is 0 Å². The number of halogens is 1. The molecule has 100 valence electrons. The molecule has 0 radical (unpaired) electrons. The van der Waals surface area contributed by atoms with Crippen LogP contribution in [0.1, 0.15) is 19.4 Å². The Balaban J connectivity index is 2.61. The zero-order chi connectivity index (χ0) is 13.6. The summed E-state index contributed by atoms with van der Waals surface area (Å²) < 4.78 is 4.86. The van der Waals surface area contributed by atoms with Gasteiger partial charge in [-0.25, -0.2) is 4.79 Å². The van der Waals surface area contributed by atoms with Crippen LogP contribution in [0.2, 0.25) is 5.02 Å². The fourth-order valence-electron chi connectivity index (χ4n) is 1.54. The maximum absolute atomic E-state index is 11.7. The SMILES string of the molecule is COCCNC(=O)NC(C)(C)c1cccc(Cl)c1. The van der Waals surface area contributed by atoms with E-state index in [1.165, 1.54) is 0 Å². The summed E-state index contributed by atoms with van der Waals surface area (Å²) >= 11 is 5.94. The van der Waals surface area contributed by atoms with E-state index in [0.29, 0.717) is 18.2 Å². The highest BCUT2D eigenvalue weighted by molar-refractivity contribution is 6.30. The predicted octanol–water partition coefficient (Wildman–Crippen LogP) is 2.52. The van der Waals surface area contributed by atoms with Gasteiger partial charge in [0, 0.05) is 18.7 Å². The Hall–Kier alpha value is -1.26. The third kappa shape index (κ3) is 4.55. The van der Waals surface area contributed by atoms with Gasteiger partial charge >= 0.3 is 6.03 Å². The Morgan fingerprint density at radius 3 is 2.78 bits per heavy atom. The Kier molecular flexibility index (Phi) is 5.44. The lowest BCUT2D eigenvalue weighted by atomic mass is 9.94. The van der Waals surface area contributed by atoms with Crippen molar-refractivity contribution in [1.82, 2.24) is 10.6 Å². The van der Waals surface area contributed by atoms with Crippen LogP contribution in [-0.4, -0.2) is 26.3 Å². The minimum atomic E-state index is -0.484. The molecule has 1 rings (SSSR count). The van der Waals surface area contributed by atoms with Gasteiger partial charge in [0.05, 0.1) is 12.1 Å². The molecule has 0 fully saturated rings. The lowest BCUT2D eigenvalue weighted by Crippen LogP contribution is -2.47. The number of hydrogen-bond donors (Lipinski definition) is 2. The van der Waals surface area contributed by atoms with Crippen molar-refractivity contribution in [3.05, 3.63) is 34.9 Å². The van der Waals surface area contributed by atoms with Crippen LogP contribution in [0.15, 0.2) is 24.3 Å². The number of methoxy groups -OCH3 is 1. The van der Waals surface area contributed by atoms with E-state index in [0.717, 1.165) is 5.56 Å². The number of nitrogens with one attached hydrogen (secondary N) is 2. The Morgan fingerprint density at radius 1 is 1.44 bits per heavy atom. The average Bonchev–Trinajstić information content (AvgIpc) is 2.28. The van der Waals surface area contributed by atoms with E-state index >= 15 is 0 Å². The molecule has 18 heavy (non-hydrogen) atoms. The average molecular weight is 271 g/mol. The molecular weight excluding hydrogens is 252 g/mol. The van der Waals surface area contributed by atoms with Crippen LogP contribution in [-0.2, 0) is 10.3 Å². The largest absolute Gasteiger partial charge is 0.383 e. The first-order valence-electron chi connectivity index (χ1n) is 5.76. The smallest absolute Gasteiger partial charge is 0.315 e. The van der Waals surface area contributed by atoms with E-state index in [1.54, 1.807) is 13.2 Å². The molecule has 0 saturated carbocycles. The molecule has 0 aliphatic rings. The minimum absolute atomic E-state index is 0.225. The molecule has 0 spiro atoms. The fourth-order valence-corrected chi connectivity index (χ4v) is 1.73. The van der Waals surface area contributed by atoms with Gasteiger partial charge in [-0.05, 0) is 31.5 Å². The van der Waals surface area contributed by atoms with Gasteiger partial charge in [0.25, 0.3) is 0 Å². The van der Waals surface area contributed by atoms with E-state index in [9.17, 15) is 4.79 Å². The fraction of sp³-hybridized carbons (Fsp3) is 0.462. The zero-order valence-electron chi connectivity index (χ0n) is 10.9. The number of hydrogen-bond acceptors (Lipinski definition) is 2. The summed E-state index contributed by atoms with van der Waals surface area (Å²) in [6.07, 6.45) is 0. The van der Waals surface area contributed by atoms with Crippen LogP contribution in [0.3, 0.4) is 0 Å². The number of rotatable bonds is 5. The highest BCUT2D eigenvalue weighted by Crippen LogP contribution is 2.22. The predicted molar refractivity (Wildman–Crippen MR) is 72.9 cm³/mol. The molecule has 5 heteroatoms. The molecule has 0 aliphatic heterocycles. The van der Waals surface area contributed by atoms with E-state index in [2.05, 4.69) is 10.6 Å². The van der Waals surface area contributed by atoms with E-state index in [-0.39, 0.29) is 6.03 Å². The highest BCUT2D eigenvalue weighted by atomic mass is 35.5. The number of benzene rings is 1. The topological polar surface area (TPSA) is 50.4 Å². The van der Waals surface area contributed by atoms with E-state index in [1.807, 2.05) is 32.0 Å². The normalized spacial score (nSPS) is 11.1. The first-order chi connectivity index (χ1) is 8.45. The molecule has 4 nitrogen and oxygen atoms in total. The molecule has 1 aromatic rings. The molecule has 0 bridgehead atoms. The summed E-state index contributed by atoms with van der Waals surface area (Å²) in [5, 5.41) is 6.27. The summed E-state index contributed by atoms with van der Waals surface area (Å²) in [6.45, 7) is 4.82. The number of amides is 2. The number of urea groups is 1. The van der Waals surface area contributed by atoms with Gasteiger partial charge in [-0.2, -0.15) is 0 Å². The van der Waals surface area contributed by atoms with Gasteiger partial charge in [-0.15, -0.1) is 0 Å². The zero-order valence-corrected chi connectivity index (χ0v) is 11.7. The van der Waals surface area contributed by atoms with Crippen molar-refractivity contribution in [1.29, 1.82) is 0 Å². The summed E-state index contributed by atoms with van der Waals surface area (Å²) in [6, 6.07) is 7.22. The summed E-state index contributed by atoms with van der Waals surface area (Å²) in [5.74, 6) is 0. The van der Waals surface area contributed by atoms with Gasteiger partial charge in [-0.1, -0.05) is 23.7 Å². The molecule has 0 saturated heterocycles. The van der Waals surface area contributed by atoms with E-state index in [4.69, 9.17) is 16.3 Å². The lowest BCUT2D eigenvalue weighted by Gasteiger charge is -2.27. The summed E-state index contributed by atoms with van der Waals surface area (Å²) in [4.78, 5) is 11.7. The highest BCUT2D eigenvalue weighted by Gasteiger charge is 2.22. The van der Waals surface area contributed by atoms with Crippen LogP contribution in [0.4, 0.5) is 4.79 Å². The van der Waals surface area contributed by atoms with Crippen LogP contribution in [0.5, 0.6) is 0 Å². The molecule has 0 atom stereocenters. The maximum Gasteiger partial charge on any atom is 0.315 e. The molecule has 0 aromatic heterocycles. The first kappa shape index (κ1) is 14.8. The van der Waals surface area contributed by atoms with Crippen molar-refractivity contribution in [3.8, 4) is 0 Å². The minimum Gasteiger partial charge on any atom is -0.383 e. The first-order valence-corrected chi connectivity index (χ1v) is 6.14. The molecule has 2 N–H and O–H groups in total. The van der Waals surface area contributed by atoms with Crippen LogP contribution in [0, 0.1) is 0 Å². The van der Waals surface area contributed by atoms with Crippen molar-refractivity contribution < 1.29 is 9.53 Å². The van der Waals surface area contributed by atoms with E-state index < -0.39 is 5.54 Å². The van der Waals surface area contributed by atoms with Crippen LogP contribution >= 0.6 is 11.6 Å². The second-order valence-electron chi connectivity index (χ2n) is 4.51. The van der Waals surface area contributed by atoms with Gasteiger partial charge in [0.2, 0.25) is 0 Å². The van der Waals surface area contributed by atoms with Crippen molar-refractivity contribution in [2.24, 2.45) is 0 Å². The molecule has 0 unspecified atom stereocenters. The quantitative estimate of drug-likeness (QED) is 0.808. The van der Waals surface area contributed by atoms with Crippen molar-refractivity contribution in [3.63, 3.8) is 0 Å². The monoisotopic (exact) mass is 270 g/mol. The second-order valence-corrected chi connectivity index (χ2v) is 4.95. The van der Waals surface area contributed by atoms with Crippen molar-refractivity contribution >= 4 is 17.6 Å². The second kappa shape index (κ2) is 6.61. The Labute approximate surface area is 113 Å². The van der Waals surface area contributed by atoms with Gasteiger partial charge in [-0.3, -0.25) is 0 Å². The molecule has 0 aliphatic carbocycles. The summed E-state index contributed by atoms with van der Waals surface area (Å²) in [7, 11) is 1.59. The Morgan fingerprint density at radius 2 is 2.17 bits per heavy atom. The molecule has 1 aromatic carbocycles. The third-order valence-corrected chi connectivity index (χ3v) is 2.80. The number of ether oxygens (including phenoxy) is 1. The van der Waals surface area contributed by atoms with Gasteiger partial charge < -0.3 is 15.4 Å². The molecular formula is C13H19ClN2O2. The maximum atomic E-state index is 11.7. The summed E-state index contributed by atoms with van der Waals surface area (Å²) in [5.41, 5.74) is 0.471. The molecule has 2 amide bonds. The molecule has 0 heterocycles. The number of carbonyl (C=O) groups excluding carboxylic acids is 1. The van der Waals surface area contributed by atoms with Crippen molar-refractivity contribution in [2.75, 3.05) is 20.3 Å².